The highest BCUT2D eigenvalue weighted by Gasteiger charge is 2.15. The molecule has 20 heavy (non-hydrogen) atoms. The van der Waals surface area contributed by atoms with Crippen LogP contribution >= 0.6 is 43.5 Å². The van der Waals surface area contributed by atoms with Crippen LogP contribution < -0.4 is 5.32 Å². The topological polar surface area (TPSA) is 29.1 Å². The summed E-state index contributed by atoms with van der Waals surface area (Å²) in [6.07, 6.45) is 0. The fourth-order valence-electron chi connectivity index (χ4n) is 1.85. The number of halogens is 3. The first-order chi connectivity index (χ1) is 9.49. The molecular formula is C15H12Br2ClNO. The van der Waals surface area contributed by atoms with Crippen LogP contribution in [0.3, 0.4) is 0 Å². The van der Waals surface area contributed by atoms with Gasteiger partial charge in [-0.05, 0) is 36.8 Å². The van der Waals surface area contributed by atoms with Gasteiger partial charge in [0, 0.05) is 8.95 Å². The maximum atomic E-state index is 12.3. The molecule has 2 nitrogen and oxygen atoms in total. The van der Waals surface area contributed by atoms with Gasteiger partial charge in [-0.25, -0.2) is 0 Å². The Morgan fingerprint density at radius 2 is 1.90 bits per heavy atom. The van der Waals surface area contributed by atoms with E-state index in [4.69, 9.17) is 11.6 Å². The van der Waals surface area contributed by atoms with Crippen LogP contribution in [0, 0.1) is 0 Å². The van der Waals surface area contributed by atoms with E-state index in [2.05, 4.69) is 37.2 Å². The number of nitrogens with one attached hydrogen (secondary N) is 1. The van der Waals surface area contributed by atoms with E-state index < -0.39 is 0 Å². The average Bonchev–Trinajstić information content (AvgIpc) is 2.41. The number of carbonyl (C=O) groups is 1. The summed E-state index contributed by atoms with van der Waals surface area (Å²) < 4.78 is 1.79. The number of carbonyl (C=O) groups excluding carboxylic acids is 1. The predicted octanol–water partition coefficient (Wildman–Crippen LogP) is 5.36. The Morgan fingerprint density at radius 3 is 2.60 bits per heavy atom. The number of rotatable bonds is 3. The molecule has 5 heteroatoms. The maximum absolute atomic E-state index is 12.3. The van der Waals surface area contributed by atoms with E-state index in [-0.39, 0.29) is 11.9 Å². The van der Waals surface area contributed by atoms with Gasteiger partial charge in [0.2, 0.25) is 0 Å². The smallest absolute Gasteiger partial charge is 0.253 e. The molecule has 2 aromatic rings. The molecule has 1 N–H and O–H groups in total. The molecule has 2 aromatic carbocycles. The summed E-state index contributed by atoms with van der Waals surface area (Å²) in [5.41, 5.74) is 1.48. The number of hydrogen-bond donors (Lipinski definition) is 1. The number of benzene rings is 2. The molecule has 0 aromatic heterocycles. The zero-order valence-electron chi connectivity index (χ0n) is 10.7. The standard InChI is InChI=1S/C15H12Br2ClNO/c1-9(11-4-2-3-5-13(11)17)19-15(20)12-8-10(16)6-7-14(12)18/h2-9H,1H3,(H,19,20). The Balaban J connectivity index is 2.20. The van der Waals surface area contributed by atoms with Crippen LogP contribution in [0.1, 0.15) is 28.9 Å². The Hall–Kier alpha value is -0.840. The van der Waals surface area contributed by atoms with Gasteiger partial charge in [-0.1, -0.05) is 61.7 Å². The molecular weight excluding hydrogens is 405 g/mol. The van der Waals surface area contributed by atoms with Crippen LogP contribution in [0.4, 0.5) is 0 Å². The van der Waals surface area contributed by atoms with Crippen LogP contribution in [0.2, 0.25) is 5.02 Å². The zero-order chi connectivity index (χ0) is 14.7. The SMILES string of the molecule is CC(NC(=O)c1cc(Br)ccc1Cl)c1ccccc1Br. The minimum atomic E-state index is -0.195. The van der Waals surface area contributed by atoms with Crippen molar-refractivity contribution in [2.75, 3.05) is 0 Å². The van der Waals surface area contributed by atoms with Gasteiger partial charge in [0.05, 0.1) is 16.6 Å². The lowest BCUT2D eigenvalue weighted by Crippen LogP contribution is -2.27. The van der Waals surface area contributed by atoms with Crippen LogP contribution in [0.15, 0.2) is 51.4 Å². The molecule has 0 aliphatic rings. The number of amides is 1. The van der Waals surface area contributed by atoms with Gasteiger partial charge in [-0.3, -0.25) is 4.79 Å². The van der Waals surface area contributed by atoms with E-state index in [1.165, 1.54) is 0 Å². The minimum absolute atomic E-state index is 0.117. The van der Waals surface area contributed by atoms with E-state index in [0.29, 0.717) is 10.6 Å². The number of hydrogen-bond acceptors (Lipinski definition) is 1. The van der Waals surface area contributed by atoms with Crippen LogP contribution in [-0.4, -0.2) is 5.91 Å². The molecule has 0 saturated carbocycles. The summed E-state index contributed by atoms with van der Waals surface area (Å²) in [5, 5.41) is 3.38. The van der Waals surface area contributed by atoms with Crippen molar-refractivity contribution in [2.45, 2.75) is 13.0 Å². The third-order valence-corrected chi connectivity index (χ3v) is 4.44. The molecule has 0 bridgehead atoms. The first kappa shape index (κ1) is 15.5. The Morgan fingerprint density at radius 1 is 1.20 bits per heavy atom. The second-order valence-electron chi connectivity index (χ2n) is 4.34. The highest BCUT2D eigenvalue weighted by atomic mass is 79.9. The van der Waals surface area contributed by atoms with E-state index in [1.54, 1.807) is 18.2 Å². The molecule has 2 rings (SSSR count). The van der Waals surface area contributed by atoms with Crippen molar-refractivity contribution in [3.8, 4) is 0 Å². The summed E-state index contributed by atoms with van der Waals surface area (Å²) in [5.74, 6) is -0.195. The van der Waals surface area contributed by atoms with Crippen molar-refractivity contribution >= 4 is 49.4 Å². The fraction of sp³-hybridized carbons (Fsp3) is 0.133. The van der Waals surface area contributed by atoms with E-state index in [9.17, 15) is 4.79 Å². The van der Waals surface area contributed by atoms with Crippen LogP contribution in [0.5, 0.6) is 0 Å². The zero-order valence-corrected chi connectivity index (χ0v) is 14.6. The van der Waals surface area contributed by atoms with E-state index in [1.807, 2.05) is 31.2 Å². The van der Waals surface area contributed by atoms with Crippen molar-refractivity contribution in [1.29, 1.82) is 0 Å². The van der Waals surface area contributed by atoms with Gasteiger partial charge in [0.25, 0.3) is 5.91 Å². The molecule has 0 spiro atoms. The lowest BCUT2D eigenvalue weighted by Gasteiger charge is -2.16. The van der Waals surface area contributed by atoms with Gasteiger partial charge in [0.15, 0.2) is 0 Å². The Kier molecular flexibility index (Phi) is 5.24. The first-order valence-corrected chi connectivity index (χ1v) is 7.96. The predicted molar refractivity (Wildman–Crippen MR) is 89.2 cm³/mol. The molecule has 0 aliphatic carbocycles. The maximum Gasteiger partial charge on any atom is 0.253 e. The minimum Gasteiger partial charge on any atom is -0.345 e. The Bertz CT molecular complexity index is 646. The van der Waals surface area contributed by atoms with Gasteiger partial charge >= 0.3 is 0 Å². The van der Waals surface area contributed by atoms with Crippen LogP contribution in [-0.2, 0) is 0 Å². The van der Waals surface area contributed by atoms with Crippen molar-refractivity contribution < 1.29 is 4.79 Å². The van der Waals surface area contributed by atoms with Crippen molar-refractivity contribution in [3.63, 3.8) is 0 Å². The third-order valence-electron chi connectivity index (χ3n) is 2.89. The van der Waals surface area contributed by atoms with Crippen LogP contribution in [0.25, 0.3) is 0 Å². The lowest BCUT2D eigenvalue weighted by molar-refractivity contribution is 0.0940. The second-order valence-corrected chi connectivity index (χ2v) is 6.52. The third kappa shape index (κ3) is 3.62. The largest absolute Gasteiger partial charge is 0.345 e. The van der Waals surface area contributed by atoms with Gasteiger partial charge in [-0.2, -0.15) is 0 Å². The fourth-order valence-corrected chi connectivity index (χ4v) is 3.04. The highest BCUT2D eigenvalue weighted by molar-refractivity contribution is 9.10. The summed E-state index contributed by atoms with van der Waals surface area (Å²) >= 11 is 12.9. The van der Waals surface area contributed by atoms with E-state index in [0.717, 1.165) is 14.5 Å². The van der Waals surface area contributed by atoms with Gasteiger partial charge < -0.3 is 5.32 Å². The molecule has 0 saturated heterocycles. The summed E-state index contributed by atoms with van der Waals surface area (Å²) in [7, 11) is 0. The second kappa shape index (κ2) is 6.74. The summed E-state index contributed by atoms with van der Waals surface area (Å²) in [6, 6.07) is 12.9. The van der Waals surface area contributed by atoms with Gasteiger partial charge in [0.1, 0.15) is 0 Å². The monoisotopic (exact) mass is 415 g/mol. The van der Waals surface area contributed by atoms with Crippen molar-refractivity contribution in [1.82, 2.24) is 5.32 Å². The van der Waals surface area contributed by atoms with Crippen molar-refractivity contribution in [3.05, 3.63) is 67.6 Å². The molecule has 104 valence electrons. The van der Waals surface area contributed by atoms with Crippen molar-refractivity contribution in [2.24, 2.45) is 0 Å². The highest BCUT2D eigenvalue weighted by Crippen LogP contribution is 2.25. The molecule has 0 radical (unpaired) electrons. The first-order valence-electron chi connectivity index (χ1n) is 5.99. The van der Waals surface area contributed by atoms with E-state index >= 15 is 0 Å². The normalized spacial score (nSPS) is 12.0. The Labute approximate surface area is 139 Å². The molecule has 0 heterocycles. The summed E-state index contributed by atoms with van der Waals surface area (Å²) in [6.45, 7) is 1.93. The quantitative estimate of drug-likeness (QED) is 0.716. The molecule has 0 fully saturated rings. The molecule has 1 atom stereocenters. The summed E-state index contributed by atoms with van der Waals surface area (Å²) in [4.78, 5) is 12.3. The lowest BCUT2D eigenvalue weighted by atomic mass is 10.1. The average molecular weight is 418 g/mol. The van der Waals surface area contributed by atoms with Gasteiger partial charge in [-0.15, -0.1) is 0 Å². The molecule has 1 amide bonds. The molecule has 0 aliphatic heterocycles. The molecule has 1 unspecified atom stereocenters.